The summed E-state index contributed by atoms with van der Waals surface area (Å²) in [6, 6.07) is 0. The van der Waals surface area contributed by atoms with E-state index in [1.54, 1.807) is 6.08 Å². The predicted octanol–water partition coefficient (Wildman–Crippen LogP) is 3.75. The lowest BCUT2D eigenvalue weighted by Crippen LogP contribution is -2.08. The quantitative estimate of drug-likeness (QED) is 0.564. The van der Waals surface area contributed by atoms with Gasteiger partial charge in [-0.25, -0.2) is 0 Å². The SMILES string of the molecule is C/C=C\C(C)C=O.C=CCC=O.CC.CCN(C)C. The van der Waals surface area contributed by atoms with Gasteiger partial charge >= 0.3 is 0 Å². The minimum atomic E-state index is 0.0880. The first kappa shape index (κ1) is 26.4. The van der Waals surface area contributed by atoms with Crippen molar-refractivity contribution in [1.82, 2.24) is 4.90 Å². The van der Waals surface area contributed by atoms with Crippen LogP contribution in [0.15, 0.2) is 24.8 Å². The van der Waals surface area contributed by atoms with Gasteiger partial charge in [-0.15, -0.1) is 6.58 Å². The van der Waals surface area contributed by atoms with Gasteiger partial charge in [0.15, 0.2) is 0 Å². The smallest absolute Gasteiger partial charge is 0.126 e. The van der Waals surface area contributed by atoms with Crippen LogP contribution in [0, 0.1) is 5.92 Å². The number of allylic oxidation sites excluding steroid dienone is 3. The van der Waals surface area contributed by atoms with Gasteiger partial charge in [0.05, 0.1) is 0 Å². The second-order valence-electron chi connectivity index (χ2n) is 3.61. The number of hydrogen-bond acceptors (Lipinski definition) is 3. The van der Waals surface area contributed by atoms with Crippen molar-refractivity contribution in [2.75, 3.05) is 20.6 Å². The fourth-order valence-corrected chi connectivity index (χ4v) is 0.417. The Morgan fingerprint density at radius 2 is 1.63 bits per heavy atom. The van der Waals surface area contributed by atoms with Crippen molar-refractivity contribution in [3.05, 3.63) is 24.8 Å². The first-order chi connectivity index (χ1) is 8.99. The fourth-order valence-electron chi connectivity index (χ4n) is 0.417. The van der Waals surface area contributed by atoms with Gasteiger partial charge in [-0.3, -0.25) is 0 Å². The molecular weight excluding hydrogens is 238 g/mol. The lowest BCUT2D eigenvalue weighted by atomic mass is 10.2. The molecule has 0 saturated carbocycles. The van der Waals surface area contributed by atoms with Crippen molar-refractivity contribution >= 4 is 12.6 Å². The summed E-state index contributed by atoms with van der Waals surface area (Å²) in [4.78, 5) is 21.3. The predicted molar refractivity (Wildman–Crippen MR) is 86.5 cm³/mol. The highest BCUT2D eigenvalue weighted by atomic mass is 16.1. The first-order valence-electron chi connectivity index (χ1n) is 6.77. The third kappa shape index (κ3) is 60.6. The van der Waals surface area contributed by atoms with Crippen LogP contribution < -0.4 is 0 Å². The van der Waals surface area contributed by atoms with E-state index in [1.165, 1.54) is 0 Å². The van der Waals surface area contributed by atoms with E-state index in [9.17, 15) is 9.59 Å². The highest BCUT2D eigenvalue weighted by molar-refractivity contribution is 5.55. The summed E-state index contributed by atoms with van der Waals surface area (Å²) >= 11 is 0. The molecule has 0 N–H and O–H groups in total. The maximum Gasteiger partial charge on any atom is 0.126 e. The molecule has 0 aliphatic rings. The molecule has 19 heavy (non-hydrogen) atoms. The molecule has 0 heterocycles. The fraction of sp³-hybridized carbons (Fsp3) is 0.625. The van der Waals surface area contributed by atoms with Gasteiger partial charge in [0, 0.05) is 12.3 Å². The number of nitrogens with zero attached hydrogens (tertiary/aromatic N) is 1. The van der Waals surface area contributed by atoms with Crippen molar-refractivity contribution in [2.45, 2.75) is 41.0 Å². The van der Waals surface area contributed by atoms with Crippen LogP contribution in [0.25, 0.3) is 0 Å². The maximum atomic E-state index is 9.84. The minimum absolute atomic E-state index is 0.0880. The monoisotopic (exact) mass is 271 g/mol. The lowest BCUT2D eigenvalue weighted by molar-refractivity contribution is -0.109. The van der Waals surface area contributed by atoms with Crippen LogP contribution in [0.5, 0.6) is 0 Å². The molecule has 3 heteroatoms. The number of carbonyl (C=O) groups is 2. The summed E-state index contributed by atoms with van der Waals surface area (Å²) in [5.41, 5.74) is 0. The maximum absolute atomic E-state index is 9.84. The Hall–Kier alpha value is -1.22. The molecule has 0 aliphatic heterocycles. The lowest BCUT2D eigenvalue weighted by Gasteiger charge is -2.00. The average molecular weight is 271 g/mol. The molecule has 0 aromatic rings. The van der Waals surface area contributed by atoms with E-state index in [0.717, 1.165) is 19.1 Å². The van der Waals surface area contributed by atoms with Gasteiger partial charge < -0.3 is 14.5 Å². The standard InChI is InChI=1S/C6H10O.C4H11N.C4H6O.C2H6/c1-3-4-6(2)5-7;1-4-5(2)3;1-2-3-4-5;1-2/h3-6H,1-2H3;4H2,1-3H3;2,4H,1,3H2;1-2H3/b4-3-;;;. The highest BCUT2D eigenvalue weighted by Crippen LogP contribution is 1.88. The molecule has 0 saturated heterocycles. The van der Waals surface area contributed by atoms with Crippen LogP contribution >= 0.6 is 0 Å². The summed E-state index contributed by atoms with van der Waals surface area (Å²) < 4.78 is 0. The highest BCUT2D eigenvalue weighted by Gasteiger charge is 1.86. The molecule has 0 aromatic carbocycles. The molecule has 1 atom stereocenters. The Bertz CT molecular complexity index is 193. The van der Waals surface area contributed by atoms with Gasteiger partial charge in [0.1, 0.15) is 12.6 Å². The zero-order chi connectivity index (χ0) is 16.1. The zero-order valence-electron chi connectivity index (χ0n) is 13.8. The largest absolute Gasteiger partial charge is 0.310 e. The molecule has 0 amide bonds. The Morgan fingerprint density at radius 3 is 1.68 bits per heavy atom. The van der Waals surface area contributed by atoms with E-state index in [4.69, 9.17) is 0 Å². The molecule has 114 valence electrons. The molecule has 0 aliphatic carbocycles. The summed E-state index contributed by atoms with van der Waals surface area (Å²) in [5.74, 6) is 0.0880. The molecule has 0 radical (unpaired) electrons. The second kappa shape index (κ2) is 30.1. The minimum Gasteiger partial charge on any atom is -0.310 e. The normalized spacial score (nSPS) is 9.89. The van der Waals surface area contributed by atoms with Crippen LogP contribution in [0.2, 0.25) is 0 Å². The molecule has 0 spiro atoms. The first-order valence-corrected chi connectivity index (χ1v) is 6.77. The van der Waals surface area contributed by atoms with Crippen LogP contribution in [0.3, 0.4) is 0 Å². The van der Waals surface area contributed by atoms with E-state index < -0.39 is 0 Å². The number of carbonyl (C=O) groups excluding carboxylic acids is 2. The second-order valence-corrected chi connectivity index (χ2v) is 3.61. The molecule has 0 bridgehead atoms. The zero-order valence-corrected chi connectivity index (χ0v) is 13.8. The van der Waals surface area contributed by atoms with Crippen molar-refractivity contribution in [1.29, 1.82) is 0 Å². The molecule has 3 nitrogen and oxygen atoms in total. The molecular formula is C16H33NO2. The molecule has 1 unspecified atom stereocenters. The van der Waals surface area contributed by atoms with Crippen molar-refractivity contribution < 1.29 is 9.59 Å². The average Bonchev–Trinajstić information content (AvgIpc) is 2.43. The molecule has 0 rings (SSSR count). The van der Waals surface area contributed by atoms with Crippen molar-refractivity contribution in [2.24, 2.45) is 5.92 Å². The molecule has 0 aromatic heterocycles. The van der Waals surface area contributed by atoms with Crippen LogP contribution in [-0.2, 0) is 9.59 Å². The summed E-state index contributed by atoms with van der Waals surface area (Å²) in [6.45, 7) is 14.3. The number of hydrogen-bond donors (Lipinski definition) is 0. The van der Waals surface area contributed by atoms with Gasteiger partial charge in [-0.1, -0.05) is 45.9 Å². The Kier molecular flexibility index (Phi) is 41.8. The van der Waals surface area contributed by atoms with Gasteiger partial charge in [-0.2, -0.15) is 0 Å². The number of aldehydes is 2. The summed E-state index contributed by atoms with van der Waals surface area (Å²) in [6.07, 6.45) is 7.49. The van der Waals surface area contributed by atoms with E-state index in [0.29, 0.717) is 6.42 Å². The Balaban J connectivity index is -0.0000000848. The van der Waals surface area contributed by atoms with Crippen LogP contribution in [-0.4, -0.2) is 38.1 Å². The topological polar surface area (TPSA) is 37.4 Å². The third-order valence-corrected chi connectivity index (χ3v) is 1.61. The number of rotatable bonds is 5. The van der Waals surface area contributed by atoms with E-state index >= 15 is 0 Å². The van der Waals surface area contributed by atoms with Gasteiger partial charge in [0.2, 0.25) is 0 Å². The van der Waals surface area contributed by atoms with E-state index in [-0.39, 0.29) is 5.92 Å². The van der Waals surface area contributed by atoms with Crippen molar-refractivity contribution in [3.8, 4) is 0 Å². The third-order valence-electron chi connectivity index (χ3n) is 1.61. The van der Waals surface area contributed by atoms with Crippen LogP contribution in [0.1, 0.15) is 41.0 Å². The Morgan fingerprint density at radius 1 is 1.21 bits per heavy atom. The summed E-state index contributed by atoms with van der Waals surface area (Å²) in [7, 11) is 4.11. The molecule has 0 fully saturated rings. The van der Waals surface area contributed by atoms with Crippen LogP contribution in [0.4, 0.5) is 0 Å². The van der Waals surface area contributed by atoms with Gasteiger partial charge in [-0.05, 0) is 27.6 Å². The summed E-state index contributed by atoms with van der Waals surface area (Å²) in [5, 5.41) is 0. The van der Waals surface area contributed by atoms with Crippen molar-refractivity contribution in [3.63, 3.8) is 0 Å². The van der Waals surface area contributed by atoms with Gasteiger partial charge in [0.25, 0.3) is 0 Å². The van der Waals surface area contributed by atoms with E-state index in [2.05, 4.69) is 32.5 Å². The Labute approximate surface area is 120 Å². The van der Waals surface area contributed by atoms with E-state index in [1.807, 2.05) is 39.8 Å².